The number of thiophene rings is 1. The Morgan fingerprint density at radius 3 is 2.25 bits per heavy atom. The number of hydrogen-bond acceptors (Lipinski definition) is 3. The number of halogens is 2. The highest BCUT2D eigenvalue weighted by atomic mass is 35.5. The fourth-order valence-electron chi connectivity index (χ4n) is 1.67. The molecule has 0 atom stereocenters. The van der Waals surface area contributed by atoms with Crippen LogP contribution in [0.2, 0.25) is 10.0 Å². The van der Waals surface area contributed by atoms with Crippen LogP contribution in [0.25, 0.3) is 10.4 Å². The third-order valence-corrected chi connectivity index (χ3v) is 3.99. The lowest BCUT2D eigenvalue weighted by molar-refractivity contribution is -0.114. The van der Waals surface area contributed by atoms with Crippen molar-refractivity contribution in [2.75, 3.05) is 5.32 Å². The predicted molar refractivity (Wildman–Crippen MR) is 81.0 cm³/mol. The minimum atomic E-state index is -1.10. The normalized spacial score (nSPS) is 10.3. The number of carbonyl (C=O) groups excluding carboxylic acids is 1. The van der Waals surface area contributed by atoms with Gasteiger partial charge in [-0.25, -0.2) is 4.79 Å². The van der Waals surface area contributed by atoms with Crippen LogP contribution in [0, 0.1) is 0 Å². The highest BCUT2D eigenvalue weighted by Crippen LogP contribution is 2.37. The standard InChI is InChI=1S/C13H9Cl2NO3S/c1-6(17)16-10-5-11(20-12(10)13(18)19)7-2-8(14)4-9(15)3-7/h2-5H,1H3,(H,16,17)(H,18,19). The molecular formula is C13H9Cl2NO3S. The summed E-state index contributed by atoms with van der Waals surface area (Å²) in [7, 11) is 0. The summed E-state index contributed by atoms with van der Waals surface area (Å²) >= 11 is 12.9. The van der Waals surface area contributed by atoms with Gasteiger partial charge in [0.25, 0.3) is 0 Å². The van der Waals surface area contributed by atoms with Crippen LogP contribution in [-0.4, -0.2) is 17.0 Å². The van der Waals surface area contributed by atoms with Crippen molar-refractivity contribution in [1.29, 1.82) is 0 Å². The number of carboxylic acids is 1. The summed E-state index contributed by atoms with van der Waals surface area (Å²) in [5, 5.41) is 12.6. The molecule has 0 aliphatic heterocycles. The molecule has 0 saturated heterocycles. The van der Waals surface area contributed by atoms with Gasteiger partial charge in [0, 0.05) is 21.8 Å². The van der Waals surface area contributed by atoms with Gasteiger partial charge in [-0.15, -0.1) is 11.3 Å². The van der Waals surface area contributed by atoms with Crippen LogP contribution in [0.15, 0.2) is 24.3 Å². The third-order valence-electron chi connectivity index (χ3n) is 2.38. The lowest BCUT2D eigenvalue weighted by atomic mass is 10.2. The van der Waals surface area contributed by atoms with E-state index >= 15 is 0 Å². The number of aromatic carboxylic acids is 1. The highest BCUT2D eigenvalue weighted by Gasteiger charge is 2.17. The summed E-state index contributed by atoms with van der Waals surface area (Å²) in [6.07, 6.45) is 0. The first-order valence-corrected chi connectivity index (χ1v) is 7.05. The molecule has 104 valence electrons. The van der Waals surface area contributed by atoms with Crippen molar-refractivity contribution >= 4 is 52.1 Å². The van der Waals surface area contributed by atoms with E-state index in [-0.39, 0.29) is 16.5 Å². The van der Waals surface area contributed by atoms with E-state index in [1.807, 2.05) is 0 Å². The maximum Gasteiger partial charge on any atom is 0.348 e. The molecule has 0 fully saturated rings. The Labute approximate surface area is 128 Å². The predicted octanol–water partition coefficient (Wildman–Crippen LogP) is 4.38. The summed E-state index contributed by atoms with van der Waals surface area (Å²) in [6.45, 7) is 1.32. The largest absolute Gasteiger partial charge is 0.477 e. The quantitative estimate of drug-likeness (QED) is 0.878. The number of nitrogens with one attached hydrogen (secondary N) is 1. The zero-order valence-electron chi connectivity index (χ0n) is 10.2. The maximum absolute atomic E-state index is 11.2. The van der Waals surface area contributed by atoms with Crippen LogP contribution in [-0.2, 0) is 4.79 Å². The van der Waals surface area contributed by atoms with Crippen molar-refractivity contribution in [1.82, 2.24) is 0 Å². The van der Waals surface area contributed by atoms with E-state index in [1.165, 1.54) is 6.92 Å². The van der Waals surface area contributed by atoms with Crippen molar-refractivity contribution in [3.63, 3.8) is 0 Å². The molecule has 20 heavy (non-hydrogen) atoms. The molecule has 4 nitrogen and oxygen atoms in total. The minimum absolute atomic E-state index is 0.0614. The van der Waals surface area contributed by atoms with E-state index in [0.717, 1.165) is 11.3 Å². The van der Waals surface area contributed by atoms with E-state index in [1.54, 1.807) is 24.3 Å². The highest BCUT2D eigenvalue weighted by molar-refractivity contribution is 7.18. The van der Waals surface area contributed by atoms with Crippen molar-refractivity contribution in [3.8, 4) is 10.4 Å². The van der Waals surface area contributed by atoms with Gasteiger partial charge >= 0.3 is 5.97 Å². The number of rotatable bonds is 3. The van der Waals surface area contributed by atoms with Gasteiger partial charge in [0.05, 0.1) is 5.69 Å². The first kappa shape index (κ1) is 14.8. The molecular weight excluding hydrogens is 321 g/mol. The second-order valence-corrected chi connectivity index (χ2v) is 5.92. The average Bonchev–Trinajstić information content (AvgIpc) is 2.70. The molecule has 1 aromatic heterocycles. The van der Waals surface area contributed by atoms with E-state index in [2.05, 4.69) is 5.32 Å². The SMILES string of the molecule is CC(=O)Nc1cc(-c2cc(Cl)cc(Cl)c2)sc1C(=O)O. The number of anilines is 1. The van der Waals surface area contributed by atoms with Crippen LogP contribution in [0.3, 0.4) is 0 Å². The Balaban J connectivity index is 2.52. The second-order valence-electron chi connectivity index (χ2n) is 4.00. The van der Waals surface area contributed by atoms with Gasteiger partial charge in [-0.05, 0) is 29.8 Å². The Kier molecular flexibility index (Phi) is 4.32. The van der Waals surface area contributed by atoms with Gasteiger partial charge in [-0.1, -0.05) is 23.2 Å². The number of benzene rings is 1. The molecule has 0 unspecified atom stereocenters. The Bertz CT molecular complexity index is 677. The smallest absolute Gasteiger partial charge is 0.348 e. The molecule has 1 amide bonds. The molecule has 7 heteroatoms. The topological polar surface area (TPSA) is 66.4 Å². The Hall–Kier alpha value is -1.56. The zero-order valence-corrected chi connectivity index (χ0v) is 12.6. The summed E-state index contributed by atoms with van der Waals surface area (Å²) in [5.41, 5.74) is 0.965. The van der Waals surface area contributed by atoms with Gasteiger partial charge in [0.2, 0.25) is 5.91 Å². The van der Waals surface area contributed by atoms with Gasteiger partial charge in [-0.2, -0.15) is 0 Å². The van der Waals surface area contributed by atoms with Crippen LogP contribution in [0.4, 0.5) is 5.69 Å². The third kappa shape index (κ3) is 3.30. The number of hydrogen-bond donors (Lipinski definition) is 2. The average molecular weight is 330 g/mol. The van der Waals surface area contributed by atoms with Crippen molar-refractivity contribution in [2.45, 2.75) is 6.92 Å². The molecule has 1 aromatic carbocycles. The van der Waals surface area contributed by atoms with Crippen molar-refractivity contribution in [3.05, 3.63) is 39.2 Å². The number of amides is 1. The van der Waals surface area contributed by atoms with Crippen molar-refractivity contribution < 1.29 is 14.7 Å². The number of carbonyl (C=O) groups is 2. The molecule has 0 aliphatic carbocycles. The van der Waals surface area contributed by atoms with Crippen molar-refractivity contribution in [2.24, 2.45) is 0 Å². The van der Waals surface area contributed by atoms with E-state index in [0.29, 0.717) is 20.5 Å². The lowest BCUT2D eigenvalue weighted by Gasteiger charge is -2.00. The fourth-order valence-corrected chi connectivity index (χ4v) is 3.14. The van der Waals surface area contributed by atoms with Crippen LogP contribution < -0.4 is 5.32 Å². The van der Waals surface area contributed by atoms with Crippen LogP contribution in [0.5, 0.6) is 0 Å². The summed E-state index contributed by atoms with van der Waals surface area (Å²) in [5.74, 6) is -1.43. The van der Waals surface area contributed by atoms with E-state index < -0.39 is 5.97 Å². The van der Waals surface area contributed by atoms with E-state index in [4.69, 9.17) is 28.3 Å². The number of carboxylic acid groups (broad SMARTS) is 1. The lowest BCUT2D eigenvalue weighted by Crippen LogP contribution is -2.08. The molecule has 0 saturated carbocycles. The Morgan fingerprint density at radius 2 is 1.75 bits per heavy atom. The molecule has 1 heterocycles. The second kappa shape index (κ2) is 5.83. The zero-order chi connectivity index (χ0) is 14.9. The van der Waals surface area contributed by atoms with Gasteiger partial charge < -0.3 is 10.4 Å². The van der Waals surface area contributed by atoms with Gasteiger partial charge in [0.1, 0.15) is 4.88 Å². The molecule has 0 radical (unpaired) electrons. The van der Waals surface area contributed by atoms with Gasteiger partial charge in [0.15, 0.2) is 0 Å². The molecule has 2 aromatic rings. The molecule has 2 N–H and O–H groups in total. The maximum atomic E-state index is 11.2. The molecule has 0 aliphatic rings. The summed E-state index contributed by atoms with van der Waals surface area (Å²) in [4.78, 5) is 23.0. The summed E-state index contributed by atoms with van der Waals surface area (Å²) in [6, 6.07) is 6.55. The van der Waals surface area contributed by atoms with Crippen LogP contribution >= 0.6 is 34.5 Å². The summed E-state index contributed by atoms with van der Waals surface area (Å²) < 4.78 is 0. The Morgan fingerprint density at radius 1 is 1.15 bits per heavy atom. The molecule has 0 bridgehead atoms. The fraction of sp³-hybridized carbons (Fsp3) is 0.0769. The minimum Gasteiger partial charge on any atom is -0.477 e. The first-order valence-electron chi connectivity index (χ1n) is 5.48. The molecule has 2 rings (SSSR count). The molecule has 0 spiro atoms. The van der Waals surface area contributed by atoms with Crippen LogP contribution in [0.1, 0.15) is 16.6 Å². The van der Waals surface area contributed by atoms with Gasteiger partial charge in [-0.3, -0.25) is 4.79 Å². The first-order chi connectivity index (χ1) is 9.36. The monoisotopic (exact) mass is 329 g/mol. The van der Waals surface area contributed by atoms with E-state index in [9.17, 15) is 9.59 Å².